The van der Waals surface area contributed by atoms with Crippen LogP contribution in [0.15, 0.2) is 10.7 Å². The van der Waals surface area contributed by atoms with Crippen molar-refractivity contribution in [2.45, 2.75) is 13.0 Å². The van der Waals surface area contributed by atoms with Gasteiger partial charge in [0.15, 0.2) is 5.82 Å². The largest absolute Gasteiger partial charge is 0.333 e. The molecule has 0 amide bonds. The fourth-order valence-electron chi connectivity index (χ4n) is 2.00. The van der Waals surface area contributed by atoms with Gasteiger partial charge in [0.25, 0.3) is 5.89 Å². The summed E-state index contributed by atoms with van der Waals surface area (Å²) in [5, 5.41) is 11.1. The predicted molar refractivity (Wildman–Crippen MR) is 66.1 cm³/mol. The van der Waals surface area contributed by atoms with Crippen molar-refractivity contribution in [2.75, 3.05) is 26.2 Å². The molecule has 1 aliphatic heterocycles. The summed E-state index contributed by atoms with van der Waals surface area (Å²) in [5.41, 5.74) is 0. The van der Waals surface area contributed by atoms with Crippen molar-refractivity contribution in [1.82, 2.24) is 29.9 Å². The molecule has 1 saturated heterocycles. The summed E-state index contributed by atoms with van der Waals surface area (Å²) in [6, 6.07) is 0.172. The normalized spacial score (nSPS) is 18.9. The van der Waals surface area contributed by atoms with Gasteiger partial charge in [-0.2, -0.15) is 4.98 Å². The van der Waals surface area contributed by atoms with Crippen LogP contribution in [0.5, 0.6) is 0 Å². The lowest BCUT2D eigenvalue weighted by atomic mass is 10.2. The maximum Gasteiger partial charge on any atom is 0.271 e. The molecule has 2 aromatic rings. The van der Waals surface area contributed by atoms with E-state index < -0.39 is 0 Å². The van der Waals surface area contributed by atoms with Crippen LogP contribution in [0.2, 0.25) is 0 Å². The zero-order chi connectivity index (χ0) is 12.4. The molecule has 3 rings (SSSR count). The maximum atomic E-state index is 5.25. The fraction of sp³-hybridized carbons (Fsp3) is 0.600. The van der Waals surface area contributed by atoms with Gasteiger partial charge in [-0.1, -0.05) is 9.64 Å². The van der Waals surface area contributed by atoms with E-state index in [2.05, 4.69) is 36.9 Å². The number of piperazine rings is 1. The molecule has 1 aliphatic rings. The monoisotopic (exact) mass is 266 g/mol. The Bertz CT molecular complexity index is 492. The van der Waals surface area contributed by atoms with Gasteiger partial charge in [-0.3, -0.25) is 4.90 Å². The van der Waals surface area contributed by atoms with Crippen LogP contribution in [0.25, 0.3) is 10.8 Å². The third-order valence-electron chi connectivity index (χ3n) is 3.09. The number of nitrogens with one attached hydrogen (secondary N) is 1. The molecule has 8 heteroatoms. The van der Waals surface area contributed by atoms with Crippen LogP contribution in [-0.2, 0) is 0 Å². The molecule has 1 atom stereocenters. The van der Waals surface area contributed by atoms with Crippen LogP contribution >= 0.6 is 11.5 Å². The predicted octanol–water partition coefficient (Wildman–Crippen LogP) is 0.554. The van der Waals surface area contributed by atoms with Gasteiger partial charge in [-0.25, -0.2) is 0 Å². The molecule has 0 spiro atoms. The van der Waals surface area contributed by atoms with E-state index in [-0.39, 0.29) is 6.04 Å². The molecular weight excluding hydrogens is 252 g/mol. The van der Waals surface area contributed by atoms with Crippen molar-refractivity contribution < 1.29 is 4.52 Å². The Balaban J connectivity index is 1.76. The lowest BCUT2D eigenvalue weighted by Gasteiger charge is -2.30. The quantitative estimate of drug-likeness (QED) is 0.869. The molecule has 0 aliphatic carbocycles. The summed E-state index contributed by atoms with van der Waals surface area (Å²) >= 11 is 1.26. The Kier molecular flexibility index (Phi) is 3.31. The molecule has 0 saturated carbocycles. The van der Waals surface area contributed by atoms with Crippen molar-refractivity contribution in [2.24, 2.45) is 0 Å². The van der Waals surface area contributed by atoms with Crippen LogP contribution in [0.3, 0.4) is 0 Å². The molecule has 1 unspecified atom stereocenters. The second kappa shape index (κ2) is 5.09. The molecule has 1 N–H and O–H groups in total. The Morgan fingerprint density at radius 3 is 3.00 bits per heavy atom. The Hall–Kier alpha value is -1.38. The average molecular weight is 266 g/mol. The van der Waals surface area contributed by atoms with Crippen LogP contribution in [0.1, 0.15) is 18.8 Å². The molecule has 2 aromatic heterocycles. The van der Waals surface area contributed by atoms with Crippen molar-refractivity contribution >= 4 is 11.5 Å². The molecule has 0 radical (unpaired) electrons. The molecule has 7 nitrogen and oxygen atoms in total. The summed E-state index contributed by atoms with van der Waals surface area (Å²) in [6.45, 7) is 6.13. The molecule has 96 valence electrons. The number of rotatable bonds is 3. The van der Waals surface area contributed by atoms with Gasteiger partial charge in [0.05, 0.1) is 12.2 Å². The van der Waals surface area contributed by atoms with Gasteiger partial charge in [0, 0.05) is 26.2 Å². The lowest BCUT2D eigenvalue weighted by Crippen LogP contribution is -2.44. The van der Waals surface area contributed by atoms with Gasteiger partial charge in [-0.15, -0.1) is 5.10 Å². The second-order valence-corrected chi connectivity index (χ2v) is 4.99. The van der Waals surface area contributed by atoms with Crippen molar-refractivity contribution in [3.8, 4) is 10.8 Å². The summed E-state index contributed by atoms with van der Waals surface area (Å²) in [6.07, 6.45) is 1.64. The van der Waals surface area contributed by atoms with Gasteiger partial charge in [0.1, 0.15) is 4.88 Å². The van der Waals surface area contributed by atoms with E-state index in [0.717, 1.165) is 36.9 Å². The van der Waals surface area contributed by atoms with E-state index in [1.165, 1.54) is 11.5 Å². The number of aromatic nitrogens is 4. The third-order valence-corrected chi connectivity index (χ3v) is 3.74. The smallest absolute Gasteiger partial charge is 0.271 e. The molecule has 18 heavy (non-hydrogen) atoms. The van der Waals surface area contributed by atoms with E-state index in [1.54, 1.807) is 6.20 Å². The Morgan fingerprint density at radius 1 is 1.44 bits per heavy atom. The first-order chi connectivity index (χ1) is 8.84. The molecular formula is C10H14N6OS. The van der Waals surface area contributed by atoms with Gasteiger partial charge < -0.3 is 9.84 Å². The fourth-order valence-corrected chi connectivity index (χ4v) is 2.44. The van der Waals surface area contributed by atoms with Crippen molar-refractivity contribution in [3.63, 3.8) is 0 Å². The highest BCUT2D eigenvalue weighted by Gasteiger charge is 2.23. The highest BCUT2D eigenvalue weighted by molar-refractivity contribution is 7.09. The average Bonchev–Trinajstić information content (AvgIpc) is 3.09. The van der Waals surface area contributed by atoms with Crippen molar-refractivity contribution in [1.29, 1.82) is 0 Å². The van der Waals surface area contributed by atoms with Crippen LogP contribution in [-0.4, -0.2) is 50.8 Å². The van der Waals surface area contributed by atoms with E-state index in [0.29, 0.717) is 5.89 Å². The lowest BCUT2D eigenvalue weighted by molar-refractivity contribution is 0.176. The minimum Gasteiger partial charge on any atom is -0.333 e. The SMILES string of the molecule is CC(c1noc(-c2cnns2)n1)N1CCNCC1. The highest BCUT2D eigenvalue weighted by Crippen LogP contribution is 2.23. The number of hydrogen-bond acceptors (Lipinski definition) is 8. The summed E-state index contributed by atoms with van der Waals surface area (Å²) in [4.78, 5) is 7.57. The van der Waals surface area contributed by atoms with E-state index in [4.69, 9.17) is 4.52 Å². The minimum absolute atomic E-state index is 0.172. The number of nitrogens with zero attached hydrogens (tertiary/aromatic N) is 5. The van der Waals surface area contributed by atoms with Crippen LogP contribution in [0.4, 0.5) is 0 Å². The summed E-state index contributed by atoms with van der Waals surface area (Å²) in [5.74, 6) is 1.22. The zero-order valence-electron chi connectivity index (χ0n) is 10.0. The van der Waals surface area contributed by atoms with E-state index in [1.807, 2.05) is 0 Å². The molecule has 0 bridgehead atoms. The first kappa shape index (κ1) is 11.7. The molecule has 0 aromatic carbocycles. The topological polar surface area (TPSA) is 80.0 Å². The van der Waals surface area contributed by atoms with E-state index in [9.17, 15) is 0 Å². The molecule has 3 heterocycles. The first-order valence-corrected chi connectivity index (χ1v) is 6.68. The number of hydrogen-bond donors (Lipinski definition) is 1. The first-order valence-electron chi connectivity index (χ1n) is 5.90. The summed E-state index contributed by atoms with van der Waals surface area (Å²) in [7, 11) is 0. The maximum absolute atomic E-state index is 5.25. The highest BCUT2D eigenvalue weighted by atomic mass is 32.1. The van der Waals surface area contributed by atoms with Crippen molar-refractivity contribution in [3.05, 3.63) is 12.0 Å². The summed E-state index contributed by atoms with van der Waals surface area (Å²) < 4.78 is 9.04. The van der Waals surface area contributed by atoms with Gasteiger partial charge >= 0.3 is 0 Å². The van der Waals surface area contributed by atoms with Crippen LogP contribution < -0.4 is 5.32 Å². The van der Waals surface area contributed by atoms with Gasteiger partial charge in [-0.05, 0) is 18.5 Å². The minimum atomic E-state index is 0.172. The van der Waals surface area contributed by atoms with Gasteiger partial charge in [0.2, 0.25) is 0 Å². The standard InChI is InChI=1S/C10H14N6OS/c1-7(16-4-2-11-3-5-16)9-13-10(17-14-9)8-6-12-15-18-8/h6-7,11H,2-5H2,1H3. The van der Waals surface area contributed by atoms with Crippen LogP contribution in [0, 0.1) is 0 Å². The van der Waals surface area contributed by atoms with E-state index >= 15 is 0 Å². The third kappa shape index (κ3) is 2.26. The Morgan fingerprint density at radius 2 is 2.28 bits per heavy atom. The molecule has 1 fully saturated rings. The second-order valence-electron chi connectivity index (χ2n) is 4.20. The zero-order valence-corrected chi connectivity index (χ0v) is 10.9. The Labute approximate surface area is 108 Å².